The number of aryl methyl sites for hydroxylation is 1. The van der Waals surface area contributed by atoms with Gasteiger partial charge in [0.2, 0.25) is 5.89 Å². The van der Waals surface area contributed by atoms with E-state index in [1.54, 1.807) is 11.8 Å². The molecule has 1 atom stereocenters. The minimum atomic E-state index is 0.349. The van der Waals surface area contributed by atoms with Crippen LogP contribution in [0.25, 0.3) is 0 Å². The molecular weight excluding hydrogens is 200 g/mol. The van der Waals surface area contributed by atoms with E-state index in [0.717, 1.165) is 43.5 Å². The van der Waals surface area contributed by atoms with Crippen LogP contribution in [0.1, 0.15) is 24.1 Å². The quantitative estimate of drug-likeness (QED) is 0.759. The maximum absolute atomic E-state index is 5.28. The standard InChI is InChI=1S/C9H14N2O2S/c1-14-5-3-8-10-9(11-13-8)7-2-4-12-6-7/h7H,2-6H2,1H3. The van der Waals surface area contributed by atoms with Crippen LogP contribution in [0.3, 0.4) is 0 Å². The summed E-state index contributed by atoms with van der Waals surface area (Å²) in [7, 11) is 0. The Kier molecular flexibility index (Phi) is 3.42. The Balaban J connectivity index is 1.94. The number of nitrogens with zero attached hydrogens (tertiary/aromatic N) is 2. The van der Waals surface area contributed by atoms with Crippen molar-refractivity contribution in [2.75, 3.05) is 25.2 Å². The third-order valence-electron chi connectivity index (χ3n) is 2.30. The molecule has 0 radical (unpaired) electrons. The van der Waals surface area contributed by atoms with E-state index in [0.29, 0.717) is 5.92 Å². The summed E-state index contributed by atoms with van der Waals surface area (Å²) in [6.07, 6.45) is 3.95. The van der Waals surface area contributed by atoms with E-state index >= 15 is 0 Å². The number of ether oxygens (including phenoxy) is 1. The molecule has 14 heavy (non-hydrogen) atoms. The van der Waals surface area contributed by atoms with Crippen LogP contribution in [0.4, 0.5) is 0 Å². The summed E-state index contributed by atoms with van der Waals surface area (Å²) in [5, 5.41) is 3.98. The molecular formula is C9H14N2O2S. The molecule has 0 N–H and O–H groups in total. The summed E-state index contributed by atoms with van der Waals surface area (Å²) in [4.78, 5) is 4.36. The second-order valence-corrected chi connectivity index (χ2v) is 4.34. The molecule has 1 aromatic heterocycles. The molecule has 0 amide bonds. The van der Waals surface area contributed by atoms with E-state index in [4.69, 9.17) is 9.26 Å². The van der Waals surface area contributed by atoms with Gasteiger partial charge in [0, 0.05) is 24.7 Å². The molecule has 2 heterocycles. The van der Waals surface area contributed by atoms with Crippen molar-refractivity contribution in [3.63, 3.8) is 0 Å². The van der Waals surface area contributed by atoms with Crippen LogP contribution in [0.15, 0.2) is 4.52 Å². The van der Waals surface area contributed by atoms with Crippen LogP contribution in [0, 0.1) is 0 Å². The van der Waals surface area contributed by atoms with Crippen LogP contribution in [-0.2, 0) is 11.2 Å². The van der Waals surface area contributed by atoms with Crippen molar-refractivity contribution in [2.24, 2.45) is 0 Å². The van der Waals surface area contributed by atoms with Gasteiger partial charge in [-0.3, -0.25) is 0 Å². The van der Waals surface area contributed by atoms with Gasteiger partial charge in [-0.1, -0.05) is 5.16 Å². The fourth-order valence-electron chi connectivity index (χ4n) is 1.46. The Morgan fingerprint density at radius 1 is 1.57 bits per heavy atom. The van der Waals surface area contributed by atoms with Crippen molar-refractivity contribution in [3.8, 4) is 0 Å². The molecule has 1 aliphatic heterocycles. The predicted molar refractivity (Wildman–Crippen MR) is 54.6 cm³/mol. The lowest BCUT2D eigenvalue weighted by atomic mass is 10.1. The smallest absolute Gasteiger partial charge is 0.227 e. The molecule has 4 nitrogen and oxygen atoms in total. The number of aromatic nitrogens is 2. The molecule has 5 heteroatoms. The normalized spacial score (nSPS) is 21.6. The van der Waals surface area contributed by atoms with Gasteiger partial charge < -0.3 is 9.26 Å². The molecule has 0 saturated carbocycles. The number of hydrogen-bond donors (Lipinski definition) is 0. The highest BCUT2D eigenvalue weighted by Gasteiger charge is 2.22. The largest absolute Gasteiger partial charge is 0.381 e. The van der Waals surface area contributed by atoms with Crippen LogP contribution in [-0.4, -0.2) is 35.4 Å². The Labute approximate surface area is 87.4 Å². The summed E-state index contributed by atoms with van der Waals surface area (Å²) in [5.41, 5.74) is 0. The van der Waals surface area contributed by atoms with Crippen molar-refractivity contribution in [1.82, 2.24) is 10.1 Å². The zero-order valence-electron chi connectivity index (χ0n) is 8.23. The molecule has 2 rings (SSSR count). The first-order chi connectivity index (χ1) is 6.90. The van der Waals surface area contributed by atoms with E-state index in [2.05, 4.69) is 16.4 Å². The molecule has 0 spiro atoms. The third kappa shape index (κ3) is 2.27. The van der Waals surface area contributed by atoms with Crippen molar-refractivity contribution in [3.05, 3.63) is 11.7 Å². The SMILES string of the molecule is CSCCc1nc(C2CCOC2)no1. The van der Waals surface area contributed by atoms with E-state index in [1.807, 2.05) is 0 Å². The number of hydrogen-bond acceptors (Lipinski definition) is 5. The number of rotatable bonds is 4. The van der Waals surface area contributed by atoms with Gasteiger partial charge in [-0.25, -0.2) is 0 Å². The molecule has 0 aromatic carbocycles. The highest BCUT2D eigenvalue weighted by molar-refractivity contribution is 7.98. The lowest BCUT2D eigenvalue weighted by Gasteiger charge is -1.97. The second kappa shape index (κ2) is 4.79. The van der Waals surface area contributed by atoms with Crippen molar-refractivity contribution in [2.45, 2.75) is 18.8 Å². The molecule has 1 unspecified atom stereocenters. The van der Waals surface area contributed by atoms with E-state index in [1.165, 1.54) is 0 Å². The van der Waals surface area contributed by atoms with Crippen LogP contribution < -0.4 is 0 Å². The lowest BCUT2D eigenvalue weighted by molar-refractivity contribution is 0.192. The van der Waals surface area contributed by atoms with Gasteiger partial charge in [-0.15, -0.1) is 0 Å². The highest BCUT2D eigenvalue weighted by Crippen LogP contribution is 2.22. The van der Waals surface area contributed by atoms with Crippen LogP contribution in [0.5, 0.6) is 0 Å². The van der Waals surface area contributed by atoms with Crippen LogP contribution in [0.2, 0.25) is 0 Å². The molecule has 0 aliphatic carbocycles. The molecule has 78 valence electrons. The summed E-state index contributed by atoms with van der Waals surface area (Å²) in [6.45, 7) is 1.56. The summed E-state index contributed by atoms with van der Waals surface area (Å²) < 4.78 is 10.4. The molecule has 1 saturated heterocycles. The molecule has 0 bridgehead atoms. The van der Waals surface area contributed by atoms with Crippen molar-refractivity contribution >= 4 is 11.8 Å². The lowest BCUT2D eigenvalue weighted by Crippen LogP contribution is -2.00. The third-order valence-corrected chi connectivity index (χ3v) is 2.91. The zero-order valence-corrected chi connectivity index (χ0v) is 9.05. The van der Waals surface area contributed by atoms with Gasteiger partial charge in [0.25, 0.3) is 0 Å². The zero-order chi connectivity index (χ0) is 9.80. The van der Waals surface area contributed by atoms with Crippen molar-refractivity contribution in [1.29, 1.82) is 0 Å². The maximum Gasteiger partial charge on any atom is 0.227 e. The molecule has 1 aliphatic rings. The van der Waals surface area contributed by atoms with Gasteiger partial charge in [-0.2, -0.15) is 16.7 Å². The summed E-state index contributed by atoms with van der Waals surface area (Å²) in [6, 6.07) is 0. The first-order valence-corrected chi connectivity index (χ1v) is 6.18. The highest BCUT2D eigenvalue weighted by atomic mass is 32.2. The molecule has 1 aromatic rings. The minimum Gasteiger partial charge on any atom is -0.381 e. The van der Waals surface area contributed by atoms with Gasteiger partial charge in [-0.05, 0) is 12.7 Å². The average molecular weight is 214 g/mol. The summed E-state index contributed by atoms with van der Waals surface area (Å²) in [5.74, 6) is 2.95. The van der Waals surface area contributed by atoms with Gasteiger partial charge >= 0.3 is 0 Å². The fourth-order valence-corrected chi connectivity index (χ4v) is 1.84. The Bertz CT molecular complexity index is 284. The monoisotopic (exact) mass is 214 g/mol. The summed E-state index contributed by atoms with van der Waals surface area (Å²) >= 11 is 1.79. The Morgan fingerprint density at radius 2 is 2.50 bits per heavy atom. The van der Waals surface area contributed by atoms with Gasteiger partial charge in [0.05, 0.1) is 6.61 Å². The number of thioether (sulfide) groups is 1. The average Bonchev–Trinajstić information content (AvgIpc) is 2.85. The maximum atomic E-state index is 5.28. The minimum absolute atomic E-state index is 0.349. The van der Waals surface area contributed by atoms with Crippen LogP contribution >= 0.6 is 11.8 Å². The topological polar surface area (TPSA) is 48.2 Å². The first-order valence-electron chi connectivity index (χ1n) is 4.79. The van der Waals surface area contributed by atoms with Crippen molar-refractivity contribution < 1.29 is 9.26 Å². The van der Waals surface area contributed by atoms with E-state index < -0.39 is 0 Å². The van der Waals surface area contributed by atoms with E-state index in [9.17, 15) is 0 Å². The first kappa shape index (κ1) is 9.98. The Morgan fingerprint density at radius 3 is 3.21 bits per heavy atom. The van der Waals surface area contributed by atoms with E-state index in [-0.39, 0.29) is 0 Å². The Hall–Kier alpha value is -0.550. The second-order valence-electron chi connectivity index (χ2n) is 3.35. The molecule has 1 fully saturated rings. The fraction of sp³-hybridized carbons (Fsp3) is 0.778. The predicted octanol–water partition coefficient (Wildman–Crippen LogP) is 1.48. The van der Waals surface area contributed by atoms with Gasteiger partial charge in [0.15, 0.2) is 5.82 Å². The van der Waals surface area contributed by atoms with Gasteiger partial charge in [0.1, 0.15) is 0 Å².